The second kappa shape index (κ2) is 9.57. The van der Waals surface area contributed by atoms with Crippen molar-refractivity contribution in [3.05, 3.63) is 28.2 Å². The van der Waals surface area contributed by atoms with Crippen molar-refractivity contribution in [3.8, 4) is 0 Å². The molecule has 1 aromatic rings. The molecule has 0 radical (unpaired) electrons. The van der Waals surface area contributed by atoms with Crippen molar-refractivity contribution in [1.29, 1.82) is 0 Å². The lowest BCUT2D eigenvalue weighted by Gasteiger charge is -2.24. The monoisotopic (exact) mass is 419 g/mol. The summed E-state index contributed by atoms with van der Waals surface area (Å²) < 4.78 is 5.39. The van der Waals surface area contributed by atoms with Gasteiger partial charge < -0.3 is 15.2 Å². The Hall–Kier alpha value is -2.15. The second-order valence-electron chi connectivity index (χ2n) is 7.84. The molecule has 29 heavy (non-hydrogen) atoms. The third-order valence-corrected chi connectivity index (χ3v) is 7.08. The molecule has 0 saturated heterocycles. The van der Waals surface area contributed by atoms with Gasteiger partial charge in [0.15, 0.2) is 0 Å². The SMILES string of the molecule is CCCOC(=O)c1c(NC(=O)[C@@H]2CC=CC[C@@H]2C(=O)O)sc2c1CC[C@@H](CC)C2. The van der Waals surface area contributed by atoms with E-state index in [1.54, 1.807) is 0 Å². The highest BCUT2D eigenvalue weighted by Gasteiger charge is 2.36. The number of esters is 1. The lowest BCUT2D eigenvalue weighted by Crippen LogP contribution is -2.34. The summed E-state index contributed by atoms with van der Waals surface area (Å²) in [6.07, 6.45) is 8.95. The van der Waals surface area contributed by atoms with Gasteiger partial charge in [-0.25, -0.2) is 4.79 Å². The van der Waals surface area contributed by atoms with E-state index in [1.165, 1.54) is 11.3 Å². The van der Waals surface area contributed by atoms with Gasteiger partial charge in [0, 0.05) is 4.88 Å². The zero-order valence-corrected chi connectivity index (χ0v) is 17.8. The van der Waals surface area contributed by atoms with E-state index in [-0.39, 0.29) is 5.91 Å². The van der Waals surface area contributed by atoms with Gasteiger partial charge in [0.05, 0.1) is 24.0 Å². The van der Waals surface area contributed by atoms with Crippen LogP contribution in [0.5, 0.6) is 0 Å². The molecule has 2 aliphatic carbocycles. The van der Waals surface area contributed by atoms with Crippen molar-refractivity contribution < 1.29 is 24.2 Å². The van der Waals surface area contributed by atoms with Crippen LogP contribution in [-0.4, -0.2) is 29.6 Å². The molecule has 2 aliphatic rings. The summed E-state index contributed by atoms with van der Waals surface area (Å²) in [5, 5.41) is 12.9. The average molecular weight is 420 g/mol. The number of carboxylic acids is 1. The molecule has 0 aliphatic heterocycles. The molecule has 7 heteroatoms. The minimum absolute atomic E-state index is 0.336. The normalized spacial score (nSPS) is 23.3. The fraction of sp³-hybridized carbons (Fsp3) is 0.591. The van der Waals surface area contributed by atoms with Crippen LogP contribution >= 0.6 is 11.3 Å². The van der Waals surface area contributed by atoms with Crippen LogP contribution in [0.2, 0.25) is 0 Å². The van der Waals surface area contributed by atoms with Crippen LogP contribution in [0.15, 0.2) is 12.2 Å². The molecule has 6 nitrogen and oxygen atoms in total. The van der Waals surface area contributed by atoms with E-state index in [1.807, 2.05) is 19.1 Å². The molecule has 0 bridgehead atoms. The lowest BCUT2D eigenvalue weighted by atomic mass is 9.82. The van der Waals surface area contributed by atoms with Gasteiger partial charge in [-0.3, -0.25) is 9.59 Å². The molecule has 0 saturated carbocycles. The molecular formula is C22H29NO5S. The lowest BCUT2D eigenvalue weighted by molar-refractivity contribution is -0.146. The predicted octanol–water partition coefficient (Wildman–Crippen LogP) is 4.44. The Morgan fingerprint density at radius 2 is 1.93 bits per heavy atom. The molecule has 3 atom stereocenters. The number of carbonyl (C=O) groups excluding carboxylic acids is 2. The summed E-state index contributed by atoms with van der Waals surface area (Å²) in [7, 11) is 0. The number of aliphatic carboxylic acids is 1. The maximum Gasteiger partial charge on any atom is 0.341 e. The van der Waals surface area contributed by atoms with Gasteiger partial charge in [0.2, 0.25) is 5.91 Å². The smallest absolute Gasteiger partial charge is 0.341 e. The standard InChI is InChI=1S/C22H29NO5S/c1-3-11-28-22(27)18-16-10-9-13(4-2)12-17(16)29-20(18)23-19(24)14-7-5-6-8-15(14)21(25)26/h5-6,13-15H,3-4,7-12H2,1-2H3,(H,23,24)(H,25,26)/t13-,14-,15+/m1/s1. The Bertz CT molecular complexity index is 812. The van der Waals surface area contributed by atoms with Crippen LogP contribution in [0, 0.1) is 17.8 Å². The topological polar surface area (TPSA) is 92.7 Å². The van der Waals surface area contributed by atoms with Crippen molar-refractivity contribution in [3.63, 3.8) is 0 Å². The number of carbonyl (C=O) groups is 3. The molecule has 2 N–H and O–H groups in total. The molecule has 158 valence electrons. The number of thiophene rings is 1. The Balaban J connectivity index is 1.88. The van der Waals surface area contributed by atoms with Gasteiger partial charge in [-0.1, -0.05) is 32.4 Å². The van der Waals surface area contributed by atoms with Crippen LogP contribution in [0.25, 0.3) is 0 Å². The zero-order valence-electron chi connectivity index (χ0n) is 17.0. The third kappa shape index (κ3) is 4.71. The summed E-state index contributed by atoms with van der Waals surface area (Å²) in [4.78, 5) is 38.4. The van der Waals surface area contributed by atoms with Gasteiger partial charge in [-0.2, -0.15) is 0 Å². The van der Waals surface area contributed by atoms with E-state index >= 15 is 0 Å². The molecule has 1 amide bonds. The van der Waals surface area contributed by atoms with E-state index in [4.69, 9.17) is 4.74 Å². The molecule has 0 aromatic carbocycles. The largest absolute Gasteiger partial charge is 0.481 e. The van der Waals surface area contributed by atoms with Gasteiger partial charge >= 0.3 is 11.9 Å². The van der Waals surface area contributed by atoms with Gasteiger partial charge in [-0.15, -0.1) is 11.3 Å². The highest BCUT2D eigenvalue weighted by atomic mass is 32.1. The molecule has 1 heterocycles. The number of fused-ring (bicyclic) bond motifs is 1. The van der Waals surface area contributed by atoms with E-state index in [9.17, 15) is 19.5 Å². The number of allylic oxidation sites excluding steroid dienone is 2. The first-order valence-electron chi connectivity index (χ1n) is 10.5. The van der Waals surface area contributed by atoms with Crippen LogP contribution in [-0.2, 0) is 27.2 Å². The summed E-state index contributed by atoms with van der Waals surface area (Å²) in [6, 6.07) is 0. The van der Waals surface area contributed by atoms with Crippen LogP contribution in [0.3, 0.4) is 0 Å². The first kappa shape index (κ1) is 21.6. The van der Waals surface area contributed by atoms with Crippen molar-refractivity contribution in [2.24, 2.45) is 17.8 Å². The number of nitrogens with one attached hydrogen (secondary N) is 1. The number of hydrogen-bond acceptors (Lipinski definition) is 5. The van der Waals surface area contributed by atoms with Crippen molar-refractivity contribution in [1.82, 2.24) is 0 Å². The highest BCUT2D eigenvalue weighted by molar-refractivity contribution is 7.17. The Labute approximate surface area is 175 Å². The summed E-state index contributed by atoms with van der Waals surface area (Å²) in [5.41, 5.74) is 1.47. The van der Waals surface area contributed by atoms with Gasteiger partial charge in [0.1, 0.15) is 5.00 Å². The van der Waals surface area contributed by atoms with E-state index in [0.717, 1.165) is 42.5 Å². The van der Waals surface area contributed by atoms with Crippen LogP contribution in [0.1, 0.15) is 66.8 Å². The quantitative estimate of drug-likeness (QED) is 0.504. The Morgan fingerprint density at radius 1 is 1.21 bits per heavy atom. The van der Waals surface area contributed by atoms with E-state index in [0.29, 0.717) is 35.9 Å². The van der Waals surface area contributed by atoms with Crippen molar-refractivity contribution >= 4 is 34.2 Å². The van der Waals surface area contributed by atoms with Crippen molar-refractivity contribution in [2.75, 3.05) is 11.9 Å². The summed E-state index contributed by atoms with van der Waals surface area (Å²) in [5.74, 6) is -2.49. The maximum absolute atomic E-state index is 13.0. The Kier molecular flexibility index (Phi) is 7.11. The Morgan fingerprint density at radius 3 is 2.59 bits per heavy atom. The van der Waals surface area contributed by atoms with E-state index < -0.39 is 23.8 Å². The number of amides is 1. The van der Waals surface area contributed by atoms with E-state index in [2.05, 4.69) is 12.2 Å². The number of hydrogen-bond donors (Lipinski definition) is 2. The minimum Gasteiger partial charge on any atom is -0.481 e. The third-order valence-electron chi connectivity index (χ3n) is 5.91. The number of carboxylic acid groups (broad SMARTS) is 1. The van der Waals surface area contributed by atoms with Gasteiger partial charge in [0.25, 0.3) is 0 Å². The minimum atomic E-state index is -0.964. The summed E-state index contributed by atoms with van der Waals surface area (Å²) in [6.45, 7) is 4.45. The fourth-order valence-electron chi connectivity index (χ4n) is 4.16. The first-order chi connectivity index (χ1) is 14.0. The number of anilines is 1. The van der Waals surface area contributed by atoms with Crippen LogP contribution in [0.4, 0.5) is 5.00 Å². The molecule has 0 unspecified atom stereocenters. The average Bonchev–Trinajstić information content (AvgIpc) is 3.08. The molecular weight excluding hydrogens is 390 g/mol. The first-order valence-corrected chi connectivity index (χ1v) is 11.3. The number of rotatable bonds is 7. The van der Waals surface area contributed by atoms with Crippen LogP contribution < -0.4 is 5.32 Å². The van der Waals surface area contributed by atoms with Crippen molar-refractivity contribution in [2.45, 2.75) is 58.8 Å². The summed E-state index contributed by atoms with van der Waals surface area (Å²) >= 11 is 1.45. The molecule has 1 aromatic heterocycles. The zero-order chi connectivity index (χ0) is 21.0. The second-order valence-corrected chi connectivity index (χ2v) is 8.95. The fourth-order valence-corrected chi connectivity index (χ4v) is 5.51. The predicted molar refractivity (Wildman–Crippen MR) is 112 cm³/mol. The highest BCUT2D eigenvalue weighted by Crippen LogP contribution is 2.41. The molecule has 3 rings (SSSR count). The maximum atomic E-state index is 13.0. The number of ether oxygens (including phenoxy) is 1. The molecule has 0 fully saturated rings. The van der Waals surface area contributed by atoms with Gasteiger partial charge in [-0.05, 0) is 50.0 Å². The molecule has 0 spiro atoms.